The van der Waals surface area contributed by atoms with Gasteiger partial charge in [-0.1, -0.05) is 12.1 Å². The minimum Gasteiger partial charge on any atom is -0.383 e. The fourth-order valence-electron chi connectivity index (χ4n) is 3.28. The molecule has 0 unspecified atom stereocenters. The second-order valence-electron chi connectivity index (χ2n) is 7.81. The van der Waals surface area contributed by atoms with Crippen molar-refractivity contribution in [2.45, 2.75) is 40.2 Å². The number of amides is 2. The monoisotopic (exact) mass is 417 g/mol. The summed E-state index contributed by atoms with van der Waals surface area (Å²) in [4.78, 5) is 33.3. The Labute approximate surface area is 182 Å². The number of nitrogens with one attached hydrogen (secondary N) is 2. The summed E-state index contributed by atoms with van der Waals surface area (Å²) >= 11 is 0. The van der Waals surface area contributed by atoms with E-state index in [1.807, 2.05) is 64.1 Å². The van der Waals surface area contributed by atoms with Crippen LogP contribution in [0, 0.1) is 13.8 Å². The summed E-state index contributed by atoms with van der Waals surface area (Å²) in [7, 11) is 0. The molecule has 0 saturated carbocycles. The smallest absolute Gasteiger partial charge is 0.255 e. The first-order valence-corrected chi connectivity index (χ1v) is 10.1. The van der Waals surface area contributed by atoms with Gasteiger partial charge in [-0.15, -0.1) is 0 Å². The second kappa shape index (κ2) is 9.38. The zero-order chi connectivity index (χ0) is 22.5. The van der Waals surface area contributed by atoms with E-state index in [1.54, 1.807) is 12.3 Å². The Kier molecular flexibility index (Phi) is 6.65. The van der Waals surface area contributed by atoms with Gasteiger partial charge in [0.1, 0.15) is 5.82 Å². The van der Waals surface area contributed by atoms with E-state index in [0.29, 0.717) is 11.3 Å². The van der Waals surface area contributed by atoms with Crippen molar-refractivity contribution in [3.05, 3.63) is 71.2 Å². The highest BCUT2D eigenvalue weighted by atomic mass is 16.2. The van der Waals surface area contributed by atoms with Crippen LogP contribution in [0.5, 0.6) is 0 Å². The molecule has 0 saturated heterocycles. The number of hydrogen-bond donors (Lipinski definition) is 3. The number of rotatable bonds is 6. The third kappa shape index (κ3) is 5.66. The first kappa shape index (κ1) is 22.0. The molecule has 0 bridgehead atoms. The van der Waals surface area contributed by atoms with E-state index >= 15 is 0 Å². The SMILES string of the molecule is Cc1cccc(CC(=O)Nc2ccc(-c3cnc(N)c(C(=O)NC(C)C)c3)c(C)c2)n1. The van der Waals surface area contributed by atoms with E-state index in [2.05, 4.69) is 20.6 Å². The van der Waals surface area contributed by atoms with E-state index in [9.17, 15) is 9.59 Å². The summed E-state index contributed by atoms with van der Waals surface area (Å²) in [5.74, 6) is -0.201. The molecule has 0 spiro atoms. The Bertz CT molecular complexity index is 1120. The summed E-state index contributed by atoms with van der Waals surface area (Å²) in [6, 6.07) is 13.0. The molecule has 0 fully saturated rings. The number of benzene rings is 1. The number of nitrogens with zero attached hydrogens (tertiary/aromatic N) is 2. The van der Waals surface area contributed by atoms with Crippen molar-refractivity contribution in [2.75, 3.05) is 11.1 Å². The molecule has 0 atom stereocenters. The molecule has 0 radical (unpaired) electrons. The molecule has 0 aliphatic rings. The van der Waals surface area contributed by atoms with Crippen LogP contribution in [0.25, 0.3) is 11.1 Å². The molecule has 160 valence electrons. The van der Waals surface area contributed by atoms with Crippen LogP contribution >= 0.6 is 0 Å². The number of hydrogen-bond acceptors (Lipinski definition) is 5. The zero-order valence-electron chi connectivity index (χ0n) is 18.2. The third-order valence-electron chi connectivity index (χ3n) is 4.69. The van der Waals surface area contributed by atoms with Gasteiger partial charge in [0.25, 0.3) is 5.91 Å². The predicted octanol–water partition coefficient (Wildman–Crippen LogP) is 3.66. The van der Waals surface area contributed by atoms with Gasteiger partial charge < -0.3 is 16.4 Å². The van der Waals surface area contributed by atoms with Gasteiger partial charge in [-0.3, -0.25) is 14.6 Å². The molecular formula is C24H27N5O2. The summed E-state index contributed by atoms with van der Waals surface area (Å²) in [5, 5.41) is 5.75. The molecule has 1 aromatic carbocycles. The number of nitrogens with two attached hydrogens (primary N) is 1. The number of carbonyl (C=O) groups excluding carboxylic acids is 2. The average Bonchev–Trinajstić information content (AvgIpc) is 2.68. The van der Waals surface area contributed by atoms with Crippen molar-refractivity contribution >= 4 is 23.3 Å². The molecule has 0 aliphatic heterocycles. The number of carbonyl (C=O) groups is 2. The Balaban J connectivity index is 1.78. The maximum Gasteiger partial charge on any atom is 0.255 e. The standard InChI is InChI=1S/C24H27N5O2/c1-14(2)27-24(31)21-11-17(13-26-23(21)25)20-9-8-19(10-15(20)3)29-22(30)12-18-7-5-6-16(4)28-18/h5-11,13-14H,12H2,1-4H3,(H2,25,26)(H,27,31)(H,29,30). The number of anilines is 2. The van der Waals surface area contributed by atoms with Crippen LogP contribution in [-0.2, 0) is 11.2 Å². The van der Waals surface area contributed by atoms with Gasteiger partial charge in [-0.2, -0.15) is 0 Å². The van der Waals surface area contributed by atoms with Gasteiger partial charge in [0.2, 0.25) is 5.91 Å². The summed E-state index contributed by atoms with van der Waals surface area (Å²) in [6.07, 6.45) is 1.85. The maximum atomic E-state index is 12.4. The van der Waals surface area contributed by atoms with Gasteiger partial charge in [0.15, 0.2) is 0 Å². The molecule has 4 N–H and O–H groups in total. The van der Waals surface area contributed by atoms with Gasteiger partial charge in [0.05, 0.1) is 12.0 Å². The lowest BCUT2D eigenvalue weighted by molar-refractivity contribution is -0.115. The van der Waals surface area contributed by atoms with Crippen LogP contribution in [-0.4, -0.2) is 27.8 Å². The van der Waals surface area contributed by atoms with Crippen LogP contribution in [0.15, 0.2) is 48.7 Å². The topological polar surface area (TPSA) is 110 Å². The molecular weight excluding hydrogens is 390 g/mol. The maximum absolute atomic E-state index is 12.4. The summed E-state index contributed by atoms with van der Waals surface area (Å²) < 4.78 is 0. The average molecular weight is 418 g/mol. The van der Waals surface area contributed by atoms with E-state index in [0.717, 1.165) is 28.1 Å². The Morgan fingerprint density at radius 3 is 2.55 bits per heavy atom. The molecule has 3 aromatic rings. The van der Waals surface area contributed by atoms with Crippen LogP contribution in [0.2, 0.25) is 0 Å². The molecule has 2 amide bonds. The first-order chi connectivity index (χ1) is 14.7. The van der Waals surface area contributed by atoms with Gasteiger partial charge in [0, 0.05) is 34.9 Å². The number of aryl methyl sites for hydroxylation is 2. The Hall–Kier alpha value is -3.74. The van der Waals surface area contributed by atoms with Crippen molar-refractivity contribution in [3.63, 3.8) is 0 Å². The molecule has 31 heavy (non-hydrogen) atoms. The highest BCUT2D eigenvalue weighted by molar-refractivity contribution is 5.99. The molecule has 3 rings (SSSR count). The lowest BCUT2D eigenvalue weighted by Crippen LogP contribution is -2.30. The lowest BCUT2D eigenvalue weighted by atomic mass is 9.99. The zero-order valence-corrected chi connectivity index (χ0v) is 18.2. The quantitative estimate of drug-likeness (QED) is 0.567. The molecule has 2 aromatic heterocycles. The Morgan fingerprint density at radius 1 is 1.10 bits per heavy atom. The van der Waals surface area contributed by atoms with E-state index in [1.165, 1.54) is 0 Å². The van der Waals surface area contributed by atoms with E-state index in [4.69, 9.17) is 5.73 Å². The van der Waals surface area contributed by atoms with Crippen molar-refractivity contribution in [1.29, 1.82) is 0 Å². The van der Waals surface area contributed by atoms with Crippen LogP contribution in [0.3, 0.4) is 0 Å². The summed E-state index contributed by atoms with van der Waals surface area (Å²) in [5.41, 5.74) is 11.2. The predicted molar refractivity (Wildman–Crippen MR) is 123 cm³/mol. The van der Waals surface area contributed by atoms with Crippen LogP contribution < -0.4 is 16.4 Å². The minimum atomic E-state index is -0.256. The fourth-order valence-corrected chi connectivity index (χ4v) is 3.28. The van der Waals surface area contributed by atoms with E-state index < -0.39 is 0 Å². The molecule has 0 aliphatic carbocycles. The highest BCUT2D eigenvalue weighted by Gasteiger charge is 2.15. The van der Waals surface area contributed by atoms with Crippen molar-refractivity contribution in [3.8, 4) is 11.1 Å². The second-order valence-corrected chi connectivity index (χ2v) is 7.81. The van der Waals surface area contributed by atoms with Crippen molar-refractivity contribution in [2.24, 2.45) is 0 Å². The third-order valence-corrected chi connectivity index (χ3v) is 4.69. The number of nitrogen functional groups attached to an aromatic ring is 1. The molecule has 2 heterocycles. The normalized spacial score (nSPS) is 10.7. The van der Waals surface area contributed by atoms with Gasteiger partial charge in [-0.25, -0.2) is 4.98 Å². The molecule has 7 nitrogen and oxygen atoms in total. The minimum absolute atomic E-state index is 0.00446. The summed E-state index contributed by atoms with van der Waals surface area (Å²) in [6.45, 7) is 7.61. The van der Waals surface area contributed by atoms with Crippen molar-refractivity contribution < 1.29 is 9.59 Å². The number of aromatic nitrogens is 2. The van der Waals surface area contributed by atoms with Crippen LogP contribution in [0.1, 0.15) is 41.2 Å². The van der Waals surface area contributed by atoms with Crippen molar-refractivity contribution in [1.82, 2.24) is 15.3 Å². The highest BCUT2D eigenvalue weighted by Crippen LogP contribution is 2.27. The Morgan fingerprint density at radius 2 is 1.87 bits per heavy atom. The fraction of sp³-hybridized carbons (Fsp3) is 0.250. The first-order valence-electron chi connectivity index (χ1n) is 10.1. The van der Waals surface area contributed by atoms with Gasteiger partial charge >= 0.3 is 0 Å². The van der Waals surface area contributed by atoms with E-state index in [-0.39, 0.29) is 30.1 Å². The molecule has 7 heteroatoms. The van der Waals surface area contributed by atoms with Crippen LogP contribution in [0.4, 0.5) is 11.5 Å². The number of pyridine rings is 2. The van der Waals surface area contributed by atoms with Gasteiger partial charge in [-0.05, 0) is 69.2 Å². The lowest BCUT2D eigenvalue weighted by Gasteiger charge is -2.13. The largest absolute Gasteiger partial charge is 0.383 e.